The van der Waals surface area contributed by atoms with Crippen molar-refractivity contribution in [2.45, 2.75) is 19.9 Å². The van der Waals surface area contributed by atoms with Crippen LogP contribution in [0.5, 0.6) is 0 Å². The van der Waals surface area contributed by atoms with Gasteiger partial charge in [0, 0.05) is 15.5 Å². The van der Waals surface area contributed by atoms with Gasteiger partial charge in [-0.3, -0.25) is 0 Å². The average Bonchev–Trinajstić information content (AvgIpc) is 2.26. The molecule has 0 spiro atoms. The highest BCUT2D eigenvalue weighted by atomic mass is 35.5. The minimum absolute atomic E-state index is 0.199. The predicted octanol–water partition coefficient (Wildman–Crippen LogP) is 3.80. The first-order valence-electron chi connectivity index (χ1n) is 5.28. The van der Waals surface area contributed by atoms with Crippen LogP contribution in [0.3, 0.4) is 0 Å². The van der Waals surface area contributed by atoms with E-state index in [1.54, 1.807) is 18.2 Å². The third-order valence-electron chi connectivity index (χ3n) is 2.89. The van der Waals surface area contributed by atoms with E-state index >= 15 is 0 Å². The molecule has 1 aromatic rings. The van der Waals surface area contributed by atoms with Crippen LogP contribution in [0.25, 0.3) is 0 Å². The molecule has 2 rings (SSSR count). The quantitative estimate of drug-likeness (QED) is 0.845. The van der Waals surface area contributed by atoms with Crippen molar-refractivity contribution in [3.63, 3.8) is 0 Å². The normalized spacial score (nSPS) is 22.8. The van der Waals surface area contributed by atoms with Crippen molar-refractivity contribution in [3.05, 3.63) is 33.8 Å². The Morgan fingerprint density at radius 3 is 2.82 bits per heavy atom. The first kappa shape index (κ1) is 12.5. The van der Waals surface area contributed by atoms with E-state index in [4.69, 9.17) is 27.9 Å². The number of benzene rings is 1. The summed E-state index contributed by atoms with van der Waals surface area (Å²) in [6.45, 7) is 4.37. The van der Waals surface area contributed by atoms with E-state index in [-0.39, 0.29) is 11.5 Å². The van der Waals surface area contributed by atoms with Crippen LogP contribution < -0.4 is 5.32 Å². The Morgan fingerprint density at radius 2 is 2.12 bits per heavy atom. The number of rotatable bonds is 1. The van der Waals surface area contributed by atoms with Gasteiger partial charge in [0.05, 0.1) is 6.04 Å². The molecule has 1 saturated heterocycles. The van der Waals surface area contributed by atoms with Crippen molar-refractivity contribution in [2.75, 3.05) is 6.61 Å². The minimum Gasteiger partial charge on any atom is -0.449 e. The van der Waals surface area contributed by atoms with Crippen molar-refractivity contribution in [1.29, 1.82) is 0 Å². The molecule has 0 radical (unpaired) electrons. The second-order valence-corrected chi connectivity index (χ2v) is 5.65. The minimum atomic E-state index is -0.426. The molecule has 0 bridgehead atoms. The van der Waals surface area contributed by atoms with Gasteiger partial charge in [0.1, 0.15) is 6.61 Å². The molecule has 1 aromatic carbocycles. The maximum atomic E-state index is 11.3. The van der Waals surface area contributed by atoms with Crippen molar-refractivity contribution in [3.8, 4) is 0 Å². The number of alkyl carbamates (subject to hydrolysis) is 1. The summed E-state index contributed by atoms with van der Waals surface area (Å²) >= 11 is 12.1. The molecule has 1 aliphatic rings. The highest BCUT2D eigenvalue weighted by Crippen LogP contribution is 2.40. The fourth-order valence-corrected chi connectivity index (χ4v) is 2.33. The number of hydrogen-bond acceptors (Lipinski definition) is 2. The summed E-state index contributed by atoms with van der Waals surface area (Å²) in [7, 11) is 0. The van der Waals surface area contributed by atoms with Gasteiger partial charge in [0.25, 0.3) is 0 Å². The van der Waals surface area contributed by atoms with E-state index in [1.165, 1.54) is 0 Å². The Balaban J connectivity index is 2.42. The molecule has 0 aliphatic carbocycles. The van der Waals surface area contributed by atoms with Crippen LogP contribution in [0.15, 0.2) is 18.2 Å². The summed E-state index contributed by atoms with van der Waals surface area (Å²) in [5, 5.41) is 3.98. The van der Waals surface area contributed by atoms with E-state index in [2.05, 4.69) is 5.32 Å². The van der Waals surface area contributed by atoms with Crippen LogP contribution in [0.2, 0.25) is 10.0 Å². The third kappa shape index (κ3) is 2.50. The van der Waals surface area contributed by atoms with E-state index in [1.807, 2.05) is 13.8 Å². The first-order valence-corrected chi connectivity index (χ1v) is 6.04. The highest BCUT2D eigenvalue weighted by molar-refractivity contribution is 6.33. The second-order valence-electron chi connectivity index (χ2n) is 4.81. The van der Waals surface area contributed by atoms with Gasteiger partial charge in [0.15, 0.2) is 0 Å². The van der Waals surface area contributed by atoms with Crippen LogP contribution >= 0.6 is 23.2 Å². The van der Waals surface area contributed by atoms with Crippen LogP contribution in [-0.4, -0.2) is 12.7 Å². The first-order chi connectivity index (χ1) is 7.90. The maximum Gasteiger partial charge on any atom is 0.407 e. The molecule has 1 N–H and O–H groups in total. The molecule has 1 amide bonds. The smallest absolute Gasteiger partial charge is 0.407 e. The van der Waals surface area contributed by atoms with Gasteiger partial charge in [-0.2, -0.15) is 0 Å². The van der Waals surface area contributed by atoms with Crippen LogP contribution in [0.4, 0.5) is 4.79 Å². The lowest BCUT2D eigenvalue weighted by Crippen LogP contribution is -2.47. The molecular weight excluding hydrogens is 261 g/mol. The third-order valence-corrected chi connectivity index (χ3v) is 3.47. The lowest BCUT2D eigenvalue weighted by atomic mass is 9.80. The molecule has 1 aliphatic heterocycles. The highest BCUT2D eigenvalue weighted by Gasteiger charge is 2.38. The SMILES string of the molecule is CC1(C)COC(=O)N[C@@H]1c1cc(Cl)ccc1Cl. The molecule has 5 heteroatoms. The maximum absolute atomic E-state index is 11.3. The molecule has 0 unspecified atom stereocenters. The fraction of sp³-hybridized carbons (Fsp3) is 0.417. The molecule has 1 heterocycles. The summed E-state index contributed by atoms with van der Waals surface area (Å²) in [4.78, 5) is 11.3. The van der Waals surface area contributed by atoms with Crippen molar-refractivity contribution in [2.24, 2.45) is 5.41 Å². The largest absolute Gasteiger partial charge is 0.449 e. The summed E-state index contributed by atoms with van der Waals surface area (Å²) in [6.07, 6.45) is -0.426. The molecule has 0 aromatic heterocycles. The number of nitrogens with one attached hydrogen (secondary N) is 1. The Labute approximate surface area is 110 Å². The van der Waals surface area contributed by atoms with Gasteiger partial charge >= 0.3 is 6.09 Å². The van der Waals surface area contributed by atoms with Crippen LogP contribution in [0, 0.1) is 5.41 Å². The van der Waals surface area contributed by atoms with Gasteiger partial charge in [-0.05, 0) is 23.8 Å². The molecule has 1 fully saturated rings. The summed E-state index contributed by atoms with van der Waals surface area (Å²) in [6, 6.07) is 5.04. The second kappa shape index (κ2) is 4.39. The van der Waals surface area contributed by atoms with E-state index in [0.29, 0.717) is 16.7 Å². The van der Waals surface area contributed by atoms with E-state index < -0.39 is 6.09 Å². The van der Waals surface area contributed by atoms with Crippen LogP contribution in [0.1, 0.15) is 25.5 Å². The van der Waals surface area contributed by atoms with Crippen LogP contribution in [-0.2, 0) is 4.74 Å². The molecule has 17 heavy (non-hydrogen) atoms. The monoisotopic (exact) mass is 273 g/mol. The molecular formula is C12H13Cl2NO2. The van der Waals surface area contributed by atoms with Crippen molar-refractivity contribution < 1.29 is 9.53 Å². The Bertz CT molecular complexity index is 460. The lowest BCUT2D eigenvalue weighted by Gasteiger charge is -2.38. The zero-order valence-electron chi connectivity index (χ0n) is 9.59. The average molecular weight is 274 g/mol. The summed E-state index contributed by atoms with van der Waals surface area (Å²) in [5.41, 5.74) is 0.586. The number of amides is 1. The zero-order chi connectivity index (χ0) is 12.6. The standard InChI is InChI=1S/C12H13Cl2NO2/c1-12(2)6-17-11(16)15-10(12)8-5-7(13)3-4-9(8)14/h3-5,10H,6H2,1-2H3,(H,15,16)/t10-/m1/s1. The fourth-order valence-electron chi connectivity index (χ4n) is 1.92. The Hall–Kier alpha value is -0.930. The number of halogens is 2. The van der Waals surface area contributed by atoms with Crippen molar-refractivity contribution >= 4 is 29.3 Å². The van der Waals surface area contributed by atoms with Gasteiger partial charge in [-0.25, -0.2) is 4.79 Å². The Kier molecular flexibility index (Phi) is 3.23. The molecule has 0 saturated carbocycles. The Morgan fingerprint density at radius 1 is 1.41 bits per heavy atom. The predicted molar refractivity (Wildman–Crippen MR) is 67.5 cm³/mol. The van der Waals surface area contributed by atoms with Gasteiger partial charge < -0.3 is 10.1 Å². The van der Waals surface area contributed by atoms with Gasteiger partial charge in [0.2, 0.25) is 0 Å². The summed E-state index contributed by atoms with van der Waals surface area (Å²) < 4.78 is 4.99. The zero-order valence-corrected chi connectivity index (χ0v) is 11.1. The van der Waals surface area contributed by atoms with E-state index in [9.17, 15) is 4.79 Å². The molecule has 92 valence electrons. The summed E-state index contributed by atoms with van der Waals surface area (Å²) in [5.74, 6) is 0. The van der Waals surface area contributed by atoms with Gasteiger partial charge in [-0.15, -0.1) is 0 Å². The number of carbonyl (C=O) groups is 1. The number of ether oxygens (including phenoxy) is 1. The van der Waals surface area contributed by atoms with Crippen molar-refractivity contribution in [1.82, 2.24) is 5.32 Å². The number of carbonyl (C=O) groups excluding carboxylic acids is 1. The lowest BCUT2D eigenvalue weighted by molar-refractivity contribution is 0.0388. The number of hydrogen-bond donors (Lipinski definition) is 1. The molecule has 3 nitrogen and oxygen atoms in total. The number of cyclic esters (lactones) is 1. The molecule has 1 atom stereocenters. The van der Waals surface area contributed by atoms with Gasteiger partial charge in [-0.1, -0.05) is 37.0 Å². The van der Waals surface area contributed by atoms with E-state index in [0.717, 1.165) is 5.56 Å². The topological polar surface area (TPSA) is 38.3 Å².